The first-order chi connectivity index (χ1) is 9.31. The highest BCUT2D eigenvalue weighted by atomic mass is 16.2. The van der Waals surface area contributed by atoms with Crippen molar-refractivity contribution in [2.45, 2.75) is 18.9 Å². The lowest BCUT2D eigenvalue weighted by Gasteiger charge is -2.34. The second kappa shape index (κ2) is 5.72. The SMILES string of the molecule is O=C(CN1CCC2NCCC2C1)Nc1ccccc1. The largest absolute Gasteiger partial charge is 0.325 e. The van der Waals surface area contributed by atoms with Crippen LogP contribution in [0.15, 0.2) is 30.3 Å². The molecule has 1 amide bonds. The first-order valence-corrected chi connectivity index (χ1v) is 7.12. The number of carbonyl (C=O) groups excluding carboxylic acids is 1. The highest BCUT2D eigenvalue weighted by Crippen LogP contribution is 2.24. The van der Waals surface area contributed by atoms with Crippen LogP contribution in [0, 0.1) is 5.92 Å². The van der Waals surface area contributed by atoms with Crippen molar-refractivity contribution in [2.75, 3.05) is 31.5 Å². The Hall–Kier alpha value is -1.39. The molecule has 2 aliphatic heterocycles. The number of likely N-dealkylation sites (tertiary alicyclic amines) is 1. The van der Waals surface area contributed by atoms with Crippen molar-refractivity contribution >= 4 is 11.6 Å². The van der Waals surface area contributed by atoms with E-state index < -0.39 is 0 Å². The number of benzene rings is 1. The van der Waals surface area contributed by atoms with Gasteiger partial charge in [0.05, 0.1) is 6.54 Å². The monoisotopic (exact) mass is 259 g/mol. The van der Waals surface area contributed by atoms with E-state index in [-0.39, 0.29) is 5.91 Å². The molecule has 3 rings (SSSR count). The van der Waals surface area contributed by atoms with Crippen LogP contribution in [0.1, 0.15) is 12.8 Å². The number of nitrogens with one attached hydrogen (secondary N) is 2. The number of rotatable bonds is 3. The molecule has 1 aromatic carbocycles. The Balaban J connectivity index is 1.50. The fraction of sp³-hybridized carbons (Fsp3) is 0.533. The summed E-state index contributed by atoms with van der Waals surface area (Å²) in [6, 6.07) is 10.4. The number of nitrogens with zero attached hydrogens (tertiary/aromatic N) is 1. The quantitative estimate of drug-likeness (QED) is 0.860. The molecule has 102 valence electrons. The van der Waals surface area contributed by atoms with E-state index in [0.29, 0.717) is 12.6 Å². The summed E-state index contributed by atoms with van der Waals surface area (Å²) < 4.78 is 0. The Labute approximate surface area is 114 Å². The zero-order valence-electron chi connectivity index (χ0n) is 11.1. The molecule has 0 spiro atoms. The number of carbonyl (C=O) groups is 1. The minimum Gasteiger partial charge on any atom is -0.325 e. The van der Waals surface area contributed by atoms with Gasteiger partial charge in [0.15, 0.2) is 0 Å². The van der Waals surface area contributed by atoms with Crippen LogP contribution in [0.5, 0.6) is 0 Å². The Bertz CT molecular complexity index is 434. The van der Waals surface area contributed by atoms with Gasteiger partial charge in [-0.1, -0.05) is 18.2 Å². The molecule has 2 atom stereocenters. The lowest BCUT2D eigenvalue weighted by molar-refractivity contribution is -0.117. The summed E-state index contributed by atoms with van der Waals surface area (Å²) in [6.07, 6.45) is 2.42. The molecule has 0 aromatic heterocycles. The molecule has 19 heavy (non-hydrogen) atoms. The molecule has 0 bridgehead atoms. The lowest BCUT2D eigenvalue weighted by atomic mass is 9.93. The first-order valence-electron chi connectivity index (χ1n) is 7.12. The second-order valence-corrected chi connectivity index (χ2v) is 5.55. The van der Waals surface area contributed by atoms with Crippen LogP contribution in [-0.2, 0) is 4.79 Å². The van der Waals surface area contributed by atoms with Gasteiger partial charge < -0.3 is 10.6 Å². The van der Waals surface area contributed by atoms with E-state index in [1.807, 2.05) is 30.3 Å². The normalized spacial score (nSPS) is 26.9. The molecule has 2 fully saturated rings. The smallest absolute Gasteiger partial charge is 0.238 e. The zero-order chi connectivity index (χ0) is 13.1. The summed E-state index contributed by atoms with van der Waals surface area (Å²) in [5.74, 6) is 0.828. The summed E-state index contributed by atoms with van der Waals surface area (Å²) in [4.78, 5) is 14.3. The summed E-state index contributed by atoms with van der Waals surface area (Å²) in [6.45, 7) is 3.73. The van der Waals surface area contributed by atoms with Crippen LogP contribution in [0.4, 0.5) is 5.69 Å². The van der Waals surface area contributed by atoms with Gasteiger partial charge in [-0.25, -0.2) is 0 Å². The van der Waals surface area contributed by atoms with Crippen molar-refractivity contribution in [3.05, 3.63) is 30.3 Å². The van der Waals surface area contributed by atoms with Crippen LogP contribution in [0.2, 0.25) is 0 Å². The van der Waals surface area contributed by atoms with E-state index in [9.17, 15) is 4.79 Å². The number of piperidine rings is 1. The van der Waals surface area contributed by atoms with E-state index in [2.05, 4.69) is 15.5 Å². The minimum atomic E-state index is 0.0932. The van der Waals surface area contributed by atoms with Gasteiger partial charge in [0, 0.05) is 24.8 Å². The van der Waals surface area contributed by atoms with Crippen molar-refractivity contribution in [3.8, 4) is 0 Å². The van der Waals surface area contributed by atoms with Gasteiger partial charge in [-0.2, -0.15) is 0 Å². The number of amides is 1. The van der Waals surface area contributed by atoms with Crippen molar-refractivity contribution in [2.24, 2.45) is 5.92 Å². The fourth-order valence-corrected chi connectivity index (χ4v) is 3.19. The molecule has 4 heteroatoms. The molecular weight excluding hydrogens is 238 g/mol. The number of hydrogen-bond donors (Lipinski definition) is 2. The highest BCUT2D eigenvalue weighted by molar-refractivity contribution is 5.92. The van der Waals surface area contributed by atoms with E-state index in [1.54, 1.807) is 0 Å². The van der Waals surface area contributed by atoms with Gasteiger partial charge in [0.1, 0.15) is 0 Å². The maximum absolute atomic E-state index is 12.0. The summed E-state index contributed by atoms with van der Waals surface area (Å²) in [7, 11) is 0. The molecule has 0 radical (unpaired) electrons. The highest BCUT2D eigenvalue weighted by Gasteiger charge is 2.32. The lowest BCUT2D eigenvalue weighted by Crippen LogP contribution is -2.46. The van der Waals surface area contributed by atoms with Crippen molar-refractivity contribution in [1.82, 2.24) is 10.2 Å². The number of hydrogen-bond acceptors (Lipinski definition) is 3. The summed E-state index contributed by atoms with van der Waals surface area (Å²) in [5, 5.41) is 6.50. The molecule has 2 saturated heterocycles. The molecule has 2 unspecified atom stereocenters. The van der Waals surface area contributed by atoms with Gasteiger partial charge in [-0.3, -0.25) is 9.69 Å². The third-order valence-corrected chi connectivity index (χ3v) is 4.16. The van der Waals surface area contributed by atoms with E-state index in [4.69, 9.17) is 0 Å². The van der Waals surface area contributed by atoms with E-state index >= 15 is 0 Å². The zero-order valence-corrected chi connectivity index (χ0v) is 11.1. The molecule has 0 aliphatic carbocycles. The maximum Gasteiger partial charge on any atom is 0.238 e. The number of fused-ring (bicyclic) bond motifs is 1. The average molecular weight is 259 g/mol. The Kier molecular flexibility index (Phi) is 3.80. The van der Waals surface area contributed by atoms with Gasteiger partial charge >= 0.3 is 0 Å². The van der Waals surface area contributed by atoms with Crippen LogP contribution in [-0.4, -0.2) is 43.0 Å². The topological polar surface area (TPSA) is 44.4 Å². The van der Waals surface area contributed by atoms with Crippen LogP contribution >= 0.6 is 0 Å². The summed E-state index contributed by atoms with van der Waals surface area (Å²) in [5.41, 5.74) is 0.880. The van der Waals surface area contributed by atoms with Gasteiger partial charge in [0.25, 0.3) is 0 Å². The van der Waals surface area contributed by atoms with Crippen molar-refractivity contribution < 1.29 is 4.79 Å². The van der Waals surface area contributed by atoms with Crippen molar-refractivity contribution in [3.63, 3.8) is 0 Å². The summed E-state index contributed by atoms with van der Waals surface area (Å²) >= 11 is 0. The van der Waals surface area contributed by atoms with E-state index in [0.717, 1.165) is 31.2 Å². The molecule has 2 aliphatic rings. The number of para-hydroxylation sites is 1. The standard InChI is InChI=1S/C15H21N3O/c19-15(17-13-4-2-1-3-5-13)11-18-9-7-14-12(10-18)6-8-16-14/h1-5,12,14,16H,6-11H2,(H,17,19). The second-order valence-electron chi connectivity index (χ2n) is 5.55. The predicted octanol–water partition coefficient (Wildman–Crippen LogP) is 1.31. The average Bonchev–Trinajstić information content (AvgIpc) is 2.87. The van der Waals surface area contributed by atoms with E-state index in [1.165, 1.54) is 12.8 Å². The van der Waals surface area contributed by atoms with Crippen LogP contribution in [0.25, 0.3) is 0 Å². The van der Waals surface area contributed by atoms with Crippen LogP contribution in [0.3, 0.4) is 0 Å². The molecule has 0 saturated carbocycles. The Morgan fingerprint density at radius 1 is 1.32 bits per heavy atom. The minimum absolute atomic E-state index is 0.0932. The predicted molar refractivity (Wildman–Crippen MR) is 76.0 cm³/mol. The Morgan fingerprint density at radius 3 is 3.00 bits per heavy atom. The van der Waals surface area contributed by atoms with Gasteiger partial charge in [-0.05, 0) is 37.4 Å². The fourth-order valence-electron chi connectivity index (χ4n) is 3.19. The van der Waals surface area contributed by atoms with Crippen LogP contribution < -0.4 is 10.6 Å². The third-order valence-electron chi connectivity index (χ3n) is 4.16. The molecule has 4 nitrogen and oxygen atoms in total. The van der Waals surface area contributed by atoms with Gasteiger partial charge in [-0.15, -0.1) is 0 Å². The van der Waals surface area contributed by atoms with Gasteiger partial charge in [0.2, 0.25) is 5.91 Å². The number of anilines is 1. The van der Waals surface area contributed by atoms with Crippen molar-refractivity contribution in [1.29, 1.82) is 0 Å². The molecule has 1 aromatic rings. The molecule has 2 heterocycles. The Morgan fingerprint density at radius 2 is 2.16 bits per heavy atom. The molecule has 2 N–H and O–H groups in total. The maximum atomic E-state index is 12.0. The third kappa shape index (κ3) is 3.14. The first kappa shape index (κ1) is 12.6. The molecular formula is C15H21N3O.